The normalized spacial score (nSPS) is 29.0. The average molecular weight is 339 g/mol. The molecule has 2 heterocycles. The molecule has 2 saturated heterocycles. The topological polar surface area (TPSA) is 83.9 Å². The molecule has 23 heavy (non-hydrogen) atoms. The zero-order chi connectivity index (χ0) is 16.6. The van der Waals surface area contributed by atoms with Gasteiger partial charge in [0.15, 0.2) is 0 Å². The molecule has 7 heteroatoms. The van der Waals surface area contributed by atoms with Crippen LogP contribution < -0.4 is 0 Å². The Bertz CT molecular complexity index is 696. The van der Waals surface area contributed by atoms with Crippen LogP contribution in [-0.4, -0.2) is 55.4 Å². The lowest BCUT2D eigenvalue weighted by Gasteiger charge is -2.20. The van der Waals surface area contributed by atoms with E-state index >= 15 is 0 Å². The summed E-state index contributed by atoms with van der Waals surface area (Å²) in [5.74, 6) is -1.98. The molecule has 0 bridgehead atoms. The number of nitrogens with zero attached hydrogens (tertiary/aromatic N) is 1. The smallest absolute Gasteiger partial charge is 0.308 e. The molecule has 1 unspecified atom stereocenters. The molecule has 0 spiro atoms. The zero-order valence-electron chi connectivity index (χ0n) is 13.0. The lowest BCUT2D eigenvalue weighted by molar-refractivity contribution is -0.141. The van der Waals surface area contributed by atoms with Crippen molar-refractivity contribution in [3.63, 3.8) is 0 Å². The summed E-state index contributed by atoms with van der Waals surface area (Å²) >= 11 is 0. The summed E-state index contributed by atoms with van der Waals surface area (Å²) in [7, 11) is -3.51. The van der Waals surface area contributed by atoms with Crippen LogP contribution in [0.4, 0.5) is 0 Å². The summed E-state index contributed by atoms with van der Waals surface area (Å²) in [6.45, 7) is 2.84. The molecule has 1 N–H and O–H groups in total. The summed E-state index contributed by atoms with van der Waals surface area (Å²) in [5.41, 5.74) is 1.93. The molecule has 2 fully saturated rings. The molecule has 3 rings (SSSR count). The summed E-state index contributed by atoms with van der Waals surface area (Å²) in [5, 5.41) is 8.97. The quantitative estimate of drug-likeness (QED) is 0.891. The molecule has 2 aliphatic rings. The maximum Gasteiger partial charge on any atom is 0.308 e. The monoisotopic (exact) mass is 339 g/mol. The molecule has 0 radical (unpaired) electrons. The van der Waals surface area contributed by atoms with E-state index in [1.165, 1.54) is 4.31 Å². The predicted octanol–water partition coefficient (Wildman–Crippen LogP) is 1.21. The second-order valence-electron chi connectivity index (χ2n) is 6.31. The van der Waals surface area contributed by atoms with Crippen molar-refractivity contribution >= 4 is 16.0 Å². The molecular weight excluding hydrogens is 318 g/mol. The van der Waals surface area contributed by atoms with Crippen molar-refractivity contribution in [3.05, 3.63) is 35.4 Å². The lowest BCUT2D eigenvalue weighted by atomic mass is 9.88. The van der Waals surface area contributed by atoms with Crippen molar-refractivity contribution in [2.45, 2.75) is 24.5 Å². The van der Waals surface area contributed by atoms with Gasteiger partial charge in [-0.25, -0.2) is 12.7 Å². The molecule has 1 aromatic rings. The first-order valence-corrected chi connectivity index (χ1v) is 9.26. The number of rotatable bonds is 4. The van der Waals surface area contributed by atoms with Gasteiger partial charge in [0, 0.05) is 25.6 Å². The number of aryl methyl sites for hydroxylation is 1. The second-order valence-corrected chi connectivity index (χ2v) is 8.53. The third-order valence-corrected chi connectivity index (χ3v) is 6.98. The number of carbonyl (C=O) groups is 1. The van der Waals surface area contributed by atoms with Gasteiger partial charge in [0.2, 0.25) is 10.0 Å². The van der Waals surface area contributed by atoms with Crippen molar-refractivity contribution in [1.29, 1.82) is 0 Å². The van der Waals surface area contributed by atoms with Gasteiger partial charge in [-0.05, 0) is 18.9 Å². The van der Waals surface area contributed by atoms with Gasteiger partial charge in [-0.15, -0.1) is 0 Å². The Labute approximate surface area is 136 Å². The maximum atomic E-state index is 12.7. The zero-order valence-corrected chi connectivity index (χ0v) is 13.8. The summed E-state index contributed by atoms with van der Waals surface area (Å²) in [6, 6.07) is 7.64. The summed E-state index contributed by atoms with van der Waals surface area (Å²) in [4.78, 5) is 11.6. The fourth-order valence-electron chi connectivity index (χ4n) is 3.42. The number of hydrogen-bond acceptors (Lipinski definition) is 4. The maximum absolute atomic E-state index is 12.7. The van der Waals surface area contributed by atoms with Crippen molar-refractivity contribution in [1.82, 2.24) is 4.31 Å². The van der Waals surface area contributed by atoms with Gasteiger partial charge in [0.1, 0.15) is 5.25 Å². The largest absolute Gasteiger partial charge is 0.481 e. The Morgan fingerprint density at radius 1 is 1.35 bits per heavy atom. The highest BCUT2D eigenvalue weighted by Gasteiger charge is 2.46. The van der Waals surface area contributed by atoms with Gasteiger partial charge < -0.3 is 9.84 Å². The van der Waals surface area contributed by atoms with E-state index in [4.69, 9.17) is 4.74 Å². The number of sulfonamides is 1. The Kier molecular flexibility index (Phi) is 4.44. The van der Waals surface area contributed by atoms with E-state index in [9.17, 15) is 18.3 Å². The van der Waals surface area contributed by atoms with E-state index < -0.39 is 27.2 Å². The molecule has 0 saturated carbocycles. The van der Waals surface area contributed by atoms with E-state index in [1.54, 1.807) is 0 Å². The summed E-state index contributed by atoms with van der Waals surface area (Å²) in [6.07, 6.45) is 0.478. The highest BCUT2D eigenvalue weighted by Crippen LogP contribution is 2.36. The van der Waals surface area contributed by atoms with Gasteiger partial charge in [-0.2, -0.15) is 0 Å². The third kappa shape index (κ3) is 3.13. The predicted molar refractivity (Wildman–Crippen MR) is 84.8 cm³/mol. The number of benzene rings is 1. The van der Waals surface area contributed by atoms with Crippen molar-refractivity contribution in [2.24, 2.45) is 5.92 Å². The number of carboxylic acid groups (broad SMARTS) is 1. The van der Waals surface area contributed by atoms with Gasteiger partial charge >= 0.3 is 5.97 Å². The van der Waals surface area contributed by atoms with Crippen LogP contribution in [0.1, 0.15) is 23.5 Å². The van der Waals surface area contributed by atoms with Crippen LogP contribution >= 0.6 is 0 Å². The standard InChI is InChI=1S/C16H21NO5S/c1-11-3-2-4-12(7-11)14-8-17(9-15(14)16(18)19)23(20,21)13-5-6-22-10-13/h2-4,7,13-15H,5-6,8-10H2,1H3,(H,18,19)/t13?,14-,15+/m0/s1. The van der Waals surface area contributed by atoms with Crippen LogP contribution in [-0.2, 0) is 19.6 Å². The molecular formula is C16H21NO5S. The lowest BCUT2D eigenvalue weighted by Crippen LogP contribution is -2.38. The first-order valence-electron chi connectivity index (χ1n) is 7.75. The molecule has 0 aromatic heterocycles. The van der Waals surface area contributed by atoms with Gasteiger partial charge in [0.25, 0.3) is 0 Å². The van der Waals surface area contributed by atoms with E-state index in [1.807, 2.05) is 31.2 Å². The van der Waals surface area contributed by atoms with Crippen molar-refractivity contribution < 1.29 is 23.1 Å². The Balaban J connectivity index is 1.88. The molecule has 2 aliphatic heterocycles. The highest BCUT2D eigenvalue weighted by atomic mass is 32.2. The van der Waals surface area contributed by atoms with Crippen LogP contribution in [0.3, 0.4) is 0 Å². The van der Waals surface area contributed by atoms with Crippen LogP contribution in [0.15, 0.2) is 24.3 Å². The Morgan fingerprint density at radius 3 is 2.74 bits per heavy atom. The van der Waals surface area contributed by atoms with Crippen LogP contribution in [0.25, 0.3) is 0 Å². The van der Waals surface area contributed by atoms with E-state index in [0.29, 0.717) is 13.0 Å². The van der Waals surface area contributed by atoms with Crippen LogP contribution in [0.5, 0.6) is 0 Å². The molecule has 0 aliphatic carbocycles. The highest BCUT2D eigenvalue weighted by molar-refractivity contribution is 7.89. The SMILES string of the molecule is Cc1cccc([C@@H]2CN(S(=O)(=O)C3CCOC3)C[C@H]2C(=O)O)c1. The number of carboxylic acids is 1. The third-order valence-electron chi connectivity index (χ3n) is 4.74. The van der Waals surface area contributed by atoms with E-state index in [-0.39, 0.29) is 25.6 Å². The van der Waals surface area contributed by atoms with Gasteiger partial charge in [-0.3, -0.25) is 4.79 Å². The minimum absolute atomic E-state index is 0.0345. The Hall–Kier alpha value is -1.44. The fourth-order valence-corrected chi connectivity index (χ4v) is 5.24. The van der Waals surface area contributed by atoms with Crippen LogP contribution in [0, 0.1) is 12.8 Å². The van der Waals surface area contributed by atoms with E-state index in [0.717, 1.165) is 11.1 Å². The van der Waals surface area contributed by atoms with Gasteiger partial charge in [0.05, 0.1) is 12.5 Å². The van der Waals surface area contributed by atoms with Crippen molar-refractivity contribution in [2.75, 3.05) is 26.3 Å². The second kappa shape index (κ2) is 6.22. The summed E-state index contributed by atoms with van der Waals surface area (Å²) < 4.78 is 31.9. The van der Waals surface area contributed by atoms with Crippen molar-refractivity contribution in [3.8, 4) is 0 Å². The molecule has 126 valence electrons. The Morgan fingerprint density at radius 2 is 2.13 bits per heavy atom. The first kappa shape index (κ1) is 16.4. The number of ether oxygens (including phenoxy) is 1. The number of aliphatic carboxylic acids is 1. The van der Waals surface area contributed by atoms with Gasteiger partial charge in [-0.1, -0.05) is 29.8 Å². The first-order chi connectivity index (χ1) is 10.9. The molecule has 6 nitrogen and oxygen atoms in total. The van der Waals surface area contributed by atoms with E-state index in [2.05, 4.69) is 0 Å². The minimum atomic E-state index is -3.51. The fraction of sp³-hybridized carbons (Fsp3) is 0.562. The average Bonchev–Trinajstić information content (AvgIpc) is 3.17. The molecule has 3 atom stereocenters. The minimum Gasteiger partial charge on any atom is -0.481 e. The van der Waals surface area contributed by atoms with Crippen LogP contribution in [0.2, 0.25) is 0 Å². The molecule has 1 aromatic carbocycles. The molecule has 0 amide bonds. The number of hydrogen-bond donors (Lipinski definition) is 1.